The minimum Gasteiger partial charge on any atom is -0.488 e. The van der Waals surface area contributed by atoms with Gasteiger partial charge in [-0.2, -0.15) is 0 Å². The number of anilines is 2. The molecule has 1 saturated heterocycles. The van der Waals surface area contributed by atoms with Crippen molar-refractivity contribution in [2.45, 2.75) is 28.9 Å². The summed E-state index contributed by atoms with van der Waals surface area (Å²) in [6, 6.07) is 25.0. The molecule has 0 bridgehead atoms. The van der Waals surface area contributed by atoms with Gasteiger partial charge in [-0.15, -0.1) is 0 Å². The highest BCUT2D eigenvalue weighted by molar-refractivity contribution is 7.99. The molecule has 0 saturated carbocycles. The Bertz CT molecular complexity index is 1020. The van der Waals surface area contributed by atoms with Crippen LogP contribution in [0.1, 0.15) is 5.56 Å². The highest BCUT2D eigenvalue weighted by atomic mass is 32.2. The number of β-amino-alcohol motifs (C(OH)–C–C–N with tert-alkyl or cyclic N) is 1. The molecule has 0 aromatic heterocycles. The highest BCUT2D eigenvalue weighted by Crippen LogP contribution is 2.48. The number of likely N-dealkylation sites (tertiary alicyclic amines) is 1. The molecule has 2 aliphatic heterocycles. The van der Waals surface area contributed by atoms with E-state index >= 15 is 0 Å². The van der Waals surface area contributed by atoms with E-state index in [-0.39, 0.29) is 6.10 Å². The van der Waals surface area contributed by atoms with Crippen LogP contribution in [-0.2, 0) is 0 Å². The fourth-order valence-corrected chi connectivity index (χ4v) is 5.22. The molecule has 30 heavy (non-hydrogen) atoms. The number of aliphatic hydroxyl groups excluding tert-OH is 1. The number of aryl methyl sites for hydroxylation is 1. The van der Waals surface area contributed by atoms with Crippen molar-refractivity contribution < 1.29 is 9.84 Å². The van der Waals surface area contributed by atoms with Crippen LogP contribution in [-0.4, -0.2) is 48.4 Å². The lowest BCUT2D eigenvalue weighted by atomic mass is 10.1. The SMILES string of the molecule is Cc1ccc2c(c1)N(CC(O)CN1CC(Oc3ccccc3)C1)c1ccccc1S2. The average molecular weight is 419 g/mol. The topological polar surface area (TPSA) is 35.9 Å². The average Bonchev–Trinajstić information content (AvgIpc) is 2.73. The van der Waals surface area contributed by atoms with E-state index in [4.69, 9.17) is 4.74 Å². The van der Waals surface area contributed by atoms with Crippen molar-refractivity contribution in [3.63, 3.8) is 0 Å². The van der Waals surface area contributed by atoms with Crippen molar-refractivity contribution in [3.05, 3.63) is 78.4 Å². The fraction of sp³-hybridized carbons (Fsp3) is 0.280. The van der Waals surface area contributed by atoms with Gasteiger partial charge in [0.2, 0.25) is 0 Å². The third-order valence-corrected chi connectivity index (χ3v) is 6.74. The molecular weight excluding hydrogens is 392 g/mol. The number of ether oxygens (including phenoxy) is 1. The summed E-state index contributed by atoms with van der Waals surface area (Å²) in [5, 5.41) is 10.9. The zero-order valence-corrected chi connectivity index (χ0v) is 17.9. The zero-order chi connectivity index (χ0) is 20.5. The van der Waals surface area contributed by atoms with Gasteiger partial charge in [-0.25, -0.2) is 0 Å². The van der Waals surface area contributed by atoms with E-state index in [1.54, 1.807) is 11.8 Å². The Morgan fingerprint density at radius 1 is 0.933 bits per heavy atom. The zero-order valence-electron chi connectivity index (χ0n) is 17.1. The molecule has 2 aliphatic rings. The number of fused-ring (bicyclic) bond motifs is 2. The first kappa shape index (κ1) is 19.5. The summed E-state index contributed by atoms with van der Waals surface area (Å²) >= 11 is 1.80. The number of aliphatic hydroxyl groups is 1. The normalized spacial score (nSPS) is 17.1. The van der Waals surface area contributed by atoms with Crippen LogP contribution in [0.2, 0.25) is 0 Å². The summed E-state index contributed by atoms with van der Waals surface area (Å²) in [6.07, 6.45) is -0.234. The molecule has 0 aliphatic carbocycles. The Morgan fingerprint density at radius 3 is 2.50 bits per heavy atom. The van der Waals surface area contributed by atoms with Gasteiger partial charge in [-0.1, -0.05) is 48.2 Å². The molecule has 3 aromatic rings. The molecule has 0 spiro atoms. The molecule has 0 amide bonds. The standard InChI is InChI=1S/C25H26N2O2S/c1-18-11-12-25-23(13-18)27(22-9-5-6-10-24(22)30-25)15-19(28)14-26-16-21(17-26)29-20-7-3-2-4-8-20/h2-13,19,21,28H,14-17H2,1H3. The molecule has 1 fully saturated rings. The number of hydrogen-bond donors (Lipinski definition) is 1. The quantitative estimate of drug-likeness (QED) is 0.627. The van der Waals surface area contributed by atoms with Crippen molar-refractivity contribution in [2.75, 3.05) is 31.1 Å². The van der Waals surface area contributed by atoms with Gasteiger partial charge in [0.1, 0.15) is 11.9 Å². The van der Waals surface area contributed by atoms with Crippen molar-refractivity contribution >= 4 is 23.1 Å². The van der Waals surface area contributed by atoms with Crippen LogP contribution in [0.15, 0.2) is 82.6 Å². The van der Waals surface area contributed by atoms with Gasteiger partial charge in [0.15, 0.2) is 0 Å². The summed E-state index contributed by atoms with van der Waals surface area (Å²) in [5.74, 6) is 0.914. The molecule has 0 radical (unpaired) electrons. The maximum Gasteiger partial charge on any atom is 0.124 e. The van der Waals surface area contributed by atoms with Gasteiger partial charge in [0.25, 0.3) is 0 Å². The predicted octanol–water partition coefficient (Wildman–Crippen LogP) is 4.72. The van der Waals surface area contributed by atoms with Crippen LogP contribution in [0, 0.1) is 6.92 Å². The van der Waals surface area contributed by atoms with Crippen LogP contribution in [0.5, 0.6) is 5.75 Å². The molecule has 154 valence electrons. The Hall–Kier alpha value is -2.47. The summed E-state index contributed by atoms with van der Waals surface area (Å²) in [6.45, 7) is 5.06. The van der Waals surface area contributed by atoms with Crippen LogP contribution in [0.3, 0.4) is 0 Å². The van der Waals surface area contributed by atoms with Gasteiger partial charge in [-0.3, -0.25) is 4.90 Å². The van der Waals surface area contributed by atoms with Crippen molar-refractivity contribution in [1.29, 1.82) is 0 Å². The molecule has 1 atom stereocenters. The summed E-state index contributed by atoms with van der Waals surface area (Å²) in [7, 11) is 0. The van der Waals surface area contributed by atoms with E-state index in [2.05, 4.69) is 59.2 Å². The first-order chi connectivity index (χ1) is 14.7. The summed E-state index contributed by atoms with van der Waals surface area (Å²) in [4.78, 5) is 7.02. The maximum absolute atomic E-state index is 10.9. The lowest BCUT2D eigenvalue weighted by Crippen LogP contribution is -2.56. The molecule has 2 heterocycles. The smallest absolute Gasteiger partial charge is 0.124 e. The lowest BCUT2D eigenvalue weighted by Gasteiger charge is -2.41. The van der Waals surface area contributed by atoms with Crippen molar-refractivity contribution in [1.82, 2.24) is 4.90 Å². The second-order valence-corrected chi connectivity index (χ2v) is 9.16. The lowest BCUT2D eigenvalue weighted by molar-refractivity contribution is -0.00608. The summed E-state index contributed by atoms with van der Waals surface area (Å²) < 4.78 is 5.98. The number of nitrogens with zero attached hydrogens (tertiary/aromatic N) is 2. The van der Waals surface area contributed by atoms with Crippen LogP contribution < -0.4 is 9.64 Å². The minimum atomic E-state index is -0.438. The van der Waals surface area contributed by atoms with Gasteiger partial charge in [-0.05, 0) is 48.9 Å². The van der Waals surface area contributed by atoms with Crippen molar-refractivity contribution in [2.24, 2.45) is 0 Å². The monoisotopic (exact) mass is 418 g/mol. The van der Waals surface area contributed by atoms with Crippen molar-refractivity contribution in [3.8, 4) is 5.75 Å². The number of benzene rings is 3. The molecule has 3 aromatic carbocycles. The van der Waals surface area contributed by atoms with E-state index in [1.165, 1.54) is 26.7 Å². The predicted molar refractivity (Wildman–Crippen MR) is 122 cm³/mol. The first-order valence-corrected chi connectivity index (χ1v) is 11.2. The molecule has 4 nitrogen and oxygen atoms in total. The Morgan fingerprint density at radius 2 is 1.67 bits per heavy atom. The number of hydrogen-bond acceptors (Lipinski definition) is 5. The molecule has 5 rings (SSSR count). The second kappa shape index (κ2) is 8.34. The molecular formula is C25H26N2O2S. The van der Waals surface area contributed by atoms with E-state index in [9.17, 15) is 5.11 Å². The van der Waals surface area contributed by atoms with Gasteiger partial charge in [0, 0.05) is 29.4 Å². The van der Waals surface area contributed by atoms with E-state index in [0.29, 0.717) is 13.1 Å². The second-order valence-electron chi connectivity index (χ2n) is 8.08. The first-order valence-electron chi connectivity index (χ1n) is 10.4. The van der Waals surface area contributed by atoms with E-state index in [1.807, 2.05) is 30.3 Å². The third-order valence-electron chi connectivity index (χ3n) is 5.61. The third kappa shape index (κ3) is 4.06. The molecule has 1 N–H and O–H groups in total. The fourth-order valence-electron chi connectivity index (χ4n) is 4.14. The Kier molecular flexibility index (Phi) is 5.42. The van der Waals surface area contributed by atoms with Gasteiger partial charge < -0.3 is 14.7 Å². The number of rotatable bonds is 6. The molecule has 5 heteroatoms. The largest absolute Gasteiger partial charge is 0.488 e. The van der Waals surface area contributed by atoms with Gasteiger partial charge in [0.05, 0.1) is 24.0 Å². The maximum atomic E-state index is 10.9. The van der Waals surface area contributed by atoms with Crippen LogP contribution >= 0.6 is 11.8 Å². The highest BCUT2D eigenvalue weighted by Gasteiger charge is 2.31. The Balaban J connectivity index is 1.23. The Labute approximate surface area is 182 Å². The van der Waals surface area contributed by atoms with Crippen LogP contribution in [0.25, 0.3) is 0 Å². The van der Waals surface area contributed by atoms with E-state index in [0.717, 1.165) is 18.8 Å². The molecule has 1 unspecified atom stereocenters. The number of para-hydroxylation sites is 2. The minimum absolute atomic E-state index is 0.204. The summed E-state index contributed by atoms with van der Waals surface area (Å²) in [5.41, 5.74) is 3.59. The van der Waals surface area contributed by atoms with Crippen LogP contribution in [0.4, 0.5) is 11.4 Å². The van der Waals surface area contributed by atoms with Gasteiger partial charge >= 0.3 is 0 Å². The van der Waals surface area contributed by atoms with E-state index < -0.39 is 6.10 Å².